The number of urea groups is 1. The van der Waals surface area contributed by atoms with E-state index in [0.29, 0.717) is 25.6 Å². The van der Waals surface area contributed by atoms with Crippen molar-refractivity contribution >= 4 is 6.03 Å². The van der Waals surface area contributed by atoms with Gasteiger partial charge >= 0.3 is 6.03 Å². The highest BCUT2D eigenvalue weighted by atomic mass is 16.5. The molecule has 1 aliphatic heterocycles. The molecular weight excluding hydrogens is 268 g/mol. The molecule has 0 bridgehead atoms. The lowest BCUT2D eigenvalue weighted by Gasteiger charge is -2.32. The number of hydrogen-bond donors (Lipinski definition) is 2. The van der Waals surface area contributed by atoms with E-state index in [-0.39, 0.29) is 17.6 Å². The van der Waals surface area contributed by atoms with E-state index in [2.05, 4.69) is 26.1 Å². The predicted octanol–water partition coefficient (Wildman–Crippen LogP) is 2.24. The summed E-state index contributed by atoms with van der Waals surface area (Å²) in [4.78, 5) is 13.9. The van der Waals surface area contributed by atoms with Crippen molar-refractivity contribution in [2.24, 2.45) is 11.3 Å². The molecule has 0 aromatic carbocycles. The molecule has 0 aromatic heterocycles. The number of rotatable bonds is 5. The minimum atomic E-state index is -0.877. The van der Waals surface area contributed by atoms with Gasteiger partial charge in [0.25, 0.3) is 0 Å². The molecule has 2 atom stereocenters. The normalized spacial score (nSPS) is 23.2. The van der Waals surface area contributed by atoms with Crippen LogP contribution in [-0.4, -0.2) is 54.0 Å². The molecule has 1 saturated heterocycles. The van der Waals surface area contributed by atoms with Gasteiger partial charge in [-0.05, 0) is 32.6 Å². The summed E-state index contributed by atoms with van der Waals surface area (Å²) in [5.41, 5.74) is -0.790. The van der Waals surface area contributed by atoms with Gasteiger partial charge in [-0.25, -0.2) is 4.79 Å². The molecule has 5 heteroatoms. The number of hydrogen-bond acceptors (Lipinski definition) is 3. The second-order valence-electron chi connectivity index (χ2n) is 7.72. The summed E-state index contributed by atoms with van der Waals surface area (Å²) in [5, 5.41) is 12.9. The van der Waals surface area contributed by atoms with E-state index in [1.54, 1.807) is 18.7 Å². The van der Waals surface area contributed by atoms with Crippen LogP contribution in [0.4, 0.5) is 4.79 Å². The van der Waals surface area contributed by atoms with Crippen LogP contribution in [0.3, 0.4) is 0 Å². The SMILES string of the molecule is CCN(CC(C)(C)O)C(=O)NC[C@H]1CCO[C@H]1C(C)(C)C. The molecule has 21 heavy (non-hydrogen) atoms. The van der Waals surface area contributed by atoms with Crippen LogP contribution < -0.4 is 5.32 Å². The maximum Gasteiger partial charge on any atom is 0.317 e. The fourth-order valence-corrected chi connectivity index (χ4v) is 2.92. The lowest BCUT2D eigenvalue weighted by atomic mass is 9.81. The lowest BCUT2D eigenvalue weighted by Crippen LogP contribution is -2.48. The molecular formula is C16H32N2O3. The summed E-state index contributed by atoms with van der Waals surface area (Å²) in [6, 6.07) is -0.112. The van der Waals surface area contributed by atoms with Gasteiger partial charge in [-0.3, -0.25) is 0 Å². The van der Waals surface area contributed by atoms with Crippen molar-refractivity contribution in [3.63, 3.8) is 0 Å². The molecule has 1 fully saturated rings. The summed E-state index contributed by atoms with van der Waals surface area (Å²) >= 11 is 0. The second-order valence-corrected chi connectivity index (χ2v) is 7.72. The van der Waals surface area contributed by atoms with E-state index >= 15 is 0 Å². The first-order chi connectivity index (χ1) is 9.54. The number of carbonyl (C=O) groups excluding carboxylic acids is 1. The summed E-state index contributed by atoms with van der Waals surface area (Å²) < 4.78 is 5.82. The van der Waals surface area contributed by atoms with Crippen molar-refractivity contribution in [2.45, 2.75) is 59.7 Å². The zero-order valence-corrected chi connectivity index (χ0v) is 14.4. The summed E-state index contributed by atoms with van der Waals surface area (Å²) in [7, 11) is 0. The zero-order valence-electron chi connectivity index (χ0n) is 14.4. The Balaban J connectivity index is 2.51. The summed E-state index contributed by atoms with van der Waals surface area (Å²) in [6.45, 7) is 14.2. The number of amides is 2. The topological polar surface area (TPSA) is 61.8 Å². The van der Waals surface area contributed by atoms with Crippen molar-refractivity contribution in [3.8, 4) is 0 Å². The van der Waals surface area contributed by atoms with Crippen LogP contribution in [0.25, 0.3) is 0 Å². The van der Waals surface area contributed by atoms with Crippen LogP contribution in [0.5, 0.6) is 0 Å². The van der Waals surface area contributed by atoms with Gasteiger partial charge in [-0.1, -0.05) is 20.8 Å². The van der Waals surface area contributed by atoms with Crippen LogP contribution in [0, 0.1) is 11.3 Å². The third-order valence-corrected chi connectivity index (χ3v) is 3.83. The fraction of sp³-hybridized carbons (Fsp3) is 0.938. The minimum absolute atomic E-state index is 0.0867. The molecule has 0 aromatic rings. The Hall–Kier alpha value is -0.810. The maximum atomic E-state index is 12.2. The average Bonchev–Trinajstić information content (AvgIpc) is 2.80. The predicted molar refractivity (Wildman–Crippen MR) is 84.2 cm³/mol. The van der Waals surface area contributed by atoms with Gasteiger partial charge in [-0.15, -0.1) is 0 Å². The Kier molecular flexibility index (Phi) is 6.05. The molecule has 0 aliphatic carbocycles. The highest BCUT2D eigenvalue weighted by molar-refractivity contribution is 5.74. The van der Waals surface area contributed by atoms with Crippen LogP contribution >= 0.6 is 0 Å². The Labute approximate surface area is 129 Å². The number of aliphatic hydroxyl groups is 1. The minimum Gasteiger partial charge on any atom is -0.389 e. The Morgan fingerprint density at radius 2 is 1.95 bits per heavy atom. The van der Waals surface area contributed by atoms with Gasteiger partial charge in [0.15, 0.2) is 0 Å². The molecule has 1 aliphatic rings. The van der Waals surface area contributed by atoms with E-state index < -0.39 is 5.60 Å². The first kappa shape index (κ1) is 18.2. The number of carbonyl (C=O) groups is 1. The molecule has 0 saturated carbocycles. The Morgan fingerprint density at radius 1 is 1.33 bits per heavy atom. The number of nitrogens with one attached hydrogen (secondary N) is 1. The third-order valence-electron chi connectivity index (χ3n) is 3.83. The Morgan fingerprint density at radius 3 is 2.43 bits per heavy atom. The van der Waals surface area contributed by atoms with Crippen LogP contribution in [-0.2, 0) is 4.74 Å². The number of likely N-dealkylation sites (N-methyl/N-ethyl adjacent to an activating group) is 1. The third kappa shape index (κ3) is 5.83. The van der Waals surface area contributed by atoms with Crippen molar-refractivity contribution in [2.75, 3.05) is 26.2 Å². The average molecular weight is 300 g/mol. The highest BCUT2D eigenvalue weighted by Crippen LogP contribution is 2.34. The van der Waals surface area contributed by atoms with Crippen molar-refractivity contribution in [1.82, 2.24) is 10.2 Å². The molecule has 1 rings (SSSR count). The van der Waals surface area contributed by atoms with Crippen LogP contribution in [0.15, 0.2) is 0 Å². The van der Waals surface area contributed by atoms with Gasteiger partial charge < -0.3 is 20.1 Å². The Bertz CT molecular complexity index is 344. The van der Waals surface area contributed by atoms with E-state index in [9.17, 15) is 9.90 Å². The molecule has 5 nitrogen and oxygen atoms in total. The second kappa shape index (κ2) is 6.97. The monoisotopic (exact) mass is 300 g/mol. The van der Waals surface area contributed by atoms with Crippen LogP contribution in [0.1, 0.15) is 48.0 Å². The molecule has 2 amide bonds. The largest absolute Gasteiger partial charge is 0.389 e. The van der Waals surface area contributed by atoms with E-state index in [0.717, 1.165) is 13.0 Å². The molecule has 0 spiro atoms. The van der Waals surface area contributed by atoms with Crippen molar-refractivity contribution in [3.05, 3.63) is 0 Å². The molecule has 0 radical (unpaired) electrons. The van der Waals surface area contributed by atoms with Gasteiger partial charge in [0.05, 0.1) is 18.2 Å². The maximum absolute atomic E-state index is 12.2. The molecule has 2 N–H and O–H groups in total. The molecule has 1 heterocycles. The van der Waals surface area contributed by atoms with Crippen LogP contribution in [0.2, 0.25) is 0 Å². The van der Waals surface area contributed by atoms with E-state index in [4.69, 9.17) is 4.74 Å². The lowest BCUT2D eigenvalue weighted by molar-refractivity contribution is 0.00720. The summed E-state index contributed by atoms with van der Waals surface area (Å²) in [5.74, 6) is 0.356. The first-order valence-electron chi connectivity index (χ1n) is 7.91. The van der Waals surface area contributed by atoms with Gasteiger partial charge in [0, 0.05) is 25.6 Å². The van der Waals surface area contributed by atoms with Crippen molar-refractivity contribution < 1.29 is 14.6 Å². The number of nitrogens with zero attached hydrogens (tertiary/aromatic N) is 1. The van der Waals surface area contributed by atoms with Gasteiger partial charge in [0.1, 0.15) is 0 Å². The molecule has 124 valence electrons. The fourth-order valence-electron chi connectivity index (χ4n) is 2.92. The van der Waals surface area contributed by atoms with Gasteiger partial charge in [-0.2, -0.15) is 0 Å². The van der Waals surface area contributed by atoms with E-state index in [1.165, 1.54) is 0 Å². The standard InChI is InChI=1S/C16H32N2O3/c1-7-18(11-16(5,6)20)14(19)17-10-12-8-9-21-13(12)15(2,3)4/h12-13,20H,7-11H2,1-6H3,(H,17,19)/t12-,13-/m1/s1. The summed E-state index contributed by atoms with van der Waals surface area (Å²) in [6.07, 6.45) is 1.17. The zero-order chi connectivity index (χ0) is 16.3. The smallest absolute Gasteiger partial charge is 0.317 e. The van der Waals surface area contributed by atoms with Gasteiger partial charge in [0.2, 0.25) is 0 Å². The first-order valence-corrected chi connectivity index (χ1v) is 7.91. The van der Waals surface area contributed by atoms with E-state index in [1.807, 2.05) is 6.92 Å². The highest BCUT2D eigenvalue weighted by Gasteiger charge is 2.37. The number of ether oxygens (including phenoxy) is 1. The molecule has 0 unspecified atom stereocenters. The quantitative estimate of drug-likeness (QED) is 0.818. The van der Waals surface area contributed by atoms with Crippen molar-refractivity contribution in [1.29, 1.82) is 0 Å².